The summed E-state index contributed by atoms with van der Waals surface area (Å²) in [6.45, 7) is 7.42. The van der Waals surface area contributed by atoms with Crippen molar-refractivity contribution in [3.05, 3.63) is 53.0 Å². The van der Waals surface area contributed by atoms with Gasteiger partial charge in [0.15, 0.2) is 0 Å². The van der Waals surface area contributed by atoms with Gasteiger partial charge in [0, 0.05) is 26.2 Å². The Kier molecular flexibility index (Phi) is 6.29. The summed E-state index contributed by atoms with van der Waals surface area (Å²) in [7, 11) is 1.99. The van der Waals surface area contributed by atoms with Gasteiger partial charge in [-0.2, -0.15) is 0 Å². The van der Waals surface area contributed by atoms with E-state index in [4.69, 9.17) is 0 Å². The van der Waals surface area contributed by atoms with Crippen LogP contribution in [0.5, 0.6) is 0 Å². The number of nitrogens with one attached hydrogen (secondary N) is 1. The van der Waals surface area contributed by atoms with Gasteiger partial charge in [-0.15, -0.1) is 0 Å². The third-order valence-electron chi connectivity index (χ3n) is 4.00. The molecule has 24 heavy (non-hydrogen) atoms. The fourth-order valence-corrected chi connectivity index (χ4v) is 2.45. The summed E-state index contributed by atoms with van der Waals surface area (Å²) in [6, 6.07) is 9.79. The summed E-state index contributed by atoms with van der Waals surface area (Å²) < 4.78 is 0. The van der Waals surface area contributed by atoms with E-state index in [2.05, 4.69) is 27.1 Å². The van der Waals surface area contributed by atoms with Crippen LogP contribution in [-0.2, 0) is 6.54 Å². The molecule has 0 unspecified atom stereocenters. The quantitative estimate of drug-likeness (QED) is 0.848. The average Bonchev–Trinajstić information content (AvgIpc) is 2.58. The Morgan fingerprint density at radius 2 is 1.96 bits per heavy atom. The van der Waals surface area contributed by atoms with Gasteiger partial charge in [-0.1, -0.05) is 37.6 Å². The largest absolute Gasteiger partial charge is 0.360 e. The molecule has 0 aliphatic heterocycles. The number of hydrogen-bond donors (Lipinski definition) is 1. The number of unbranched alkanes of at least 4 members (excludes halogenated alkanes) is 1. The van der Waals surface area contributed by atoms with Crippen molar-refractivity contribution < 1.29 is 4.79 Å². The Bertz CT molecular complexity index is 700. The highest BCUT2D eigenvalue weighted by Gasteiger charge is 2.12. The van der Waals surface area contributed by atoms with E-state index < -0.39 is 0 Å². The molecule has 5 nitrogen and oxygen atoms in total. The van der Waals surface area contributed by atoms with E-state index in [0.717, 1.165) is 36.3 Å². The summed E-state index contributed by atoms with van der Waals surface area (Å²) in [5.41, 5.74) is 2.68. The minimum absolute atomic E-state index is 0.172. The van der Waals surface area contributed by atoms with Gasteiger partial charge >= 0.3 is 0 Å². The molecule has 5 heteroatoms. The first-order valence-corrected chi connectivity index (χ1v) is 8.40. The first-order valence-electron chi connectivity index (χ1n) is 8.40. The molecule has 0 saturated heterocycles. The maximum absolute atomic E-state index is 12.5. The first-order chi connectivity index (χ1) is 11.5. The lowest BCUT2D eigenvalue weighted by atomic mass is 10.1. The van der Waals surface area contributed by atoms with Gasteiger partial charge in [-0.05, 0) is 31.4 Å². The lowest BCUT2D eigenvalue weighted by Gasteiger charge is -2.18. The number of carbonyl (C=O) groups is 1. The van der Waals surface area contributed by atoms with Crippen molar-refractivity contribution in [2.24, 2.45) is 0 Å². The van der Waals surface area contributed by atoms with E-state index in [1.165, 1.54) is 0 Å². The number of rotatable bonds is 7. The standard InChI is InChI=1S/C19H26N4O/c1-5-6-11-23(4)18-12-17(21-15(3)22-18)19(24)20-13-16-10-8-7-9-14(16)2/h7-10,12H,5-6,11,13H2,1-4H3,(H,20,24). The van der Waals surface area contributed by atoms with Crippen LogP contribution in [0.3, 0.4) is 0 Å². The average molecular weight is 326 g/mol. The zero-order valence-electron chi connectivity index (χ0n) is 15.0. The number of aromatic nitrogens is 2. The highest BCUT2D eigenvalue weighted by Crippen LogP contribution is 2.13. The summed E-state index contributed by atoms with van der Waals surface area (Å²) >= 11 is 0. The van der Waals surface area contributed by atoms with Gasteiger partial charge in [-0.25, -0.2) is 9.97 Å². The number of benzene rings is 1. The third kappa shape index (κ3) is 4.78. The second-order valence-electron chi connectivity index (χ2n) is 6.04. The minimum atomic E-state index is -0.172. The van der Waals surface area contributed by atoms with Crippen molar-refractivity contribution in [2.75, 3.05) is 18.5 Å². The maximum Gasteiger partial charge on any atom is 0.270 e. The fraction of sp³-hybridized carbons (Fsp3) is 0.421. The summed E-state index contributed by atoms with van der Waals surface area (Å²) in [6.07, 6.45) is 2.21. The molecule has 1 amide bonds. The summed E-state index contributed by atoms with van der Waals surface area (Å²) in [5.74, 6) is 1.22. The van der Waals surface area contributed by atoms with Crippen molar-refractivity contribution >= 4 is 11.7 Å². The van der Waals surface area contributed by atoms with Crippen LogP contribution in [0.1, 0.15) is 47.2 Å². The van der Waals surface area contributed by atoms with Gasteiger partial charge in [0.05, 0.1) is 0 Å². The molecule has 0 aliphatic rings. The van der Waals surface area contributed by atoms with E-state index in [1.54, 1.807) is 6.07 Å². The summed E-state index contributed by atoms with van der Waals surface area (Å²) in [5, 5.41) is 2.94. The molecule has 1 N–H and O–H groups in total. The molecule has 0 radical (unpaired) electrons. The van der Waals surface area contributed by atoms with Crippen LogP contribution >= 0.6 is 0 Å². The smallest absolute Gasteiger partial charge is 0.270 e. The second kappa shape index (κ2) is 8.43. The number of aryl methyl sites for hydroxylation is 2. The molecule has 1 aromatic carbocycles. The molecule has 0 fully saturated rings. The van der Waals surface area contributed by atoms with Crippen molar-refractivity contribution in [2.45, 2.75) is 40.2 Å². The van der Waals surface area contributed by atoms with Crippen molar-refractivity contribution in [1.29, 1.82) is 0 Å². The van der Waals surface area contributed by atoms with Crippen LogP contribution in [0.25, 0.3) is 0 Å². The van der Waals surface area contributed by atoms with Gasteiger partial charge in [0.2, 0.25) is 0 Å². The van der Waals surface area contributed by atoms with Crippen LogP contribution in [0.2, 0.25) is 0 Å². The molecule has 0 aliphatic carbocycles. The predicted molar refractivity (Wildman–Crippen MR) is 97.3 cm³/mol. The first kappa shape index (κ1) is 17.9. The Hall–Kier alpha value is -2.43. The highest BCUT2D eigenvalue weighted by atomic mass is 16.1. The van der Waals surface area contributed by atoms with E-state index in [9.17, 15) is 4.79 Å². The van der Waals surface area contributed by atoms with Crippen molar-refractivity contribution in [1.82, 2.24) is 15.3 Å². The molecule has 1 heterocycles. The predicted octanol–water partition coefficient (Wildman–Crippen LogP) is 3.26. The van der Waals surface area contributed by atoms with E-state index >= 15 is 0 Å². The van der Waals surface area contributed by atoms with Crippen molar-refractivity contribution in [3.63, 3.8) is 0 Å². The lowest BCUT2D eigenvalue weighted by Crippen LogP contribution is -2.26. The van der Waals surface area contributed by atoms with Crippen LogP contribution in [0.15, 0.2) is 30.3 Å². The van der Waals surface area contributed by atoms with Gasteiger partial charge < -0.3 is 10.2 Å². The van der Waals surface area contributed by atoms with Gasteiger partial charge in [-0.3, -0.25) is 4.79 Å². The van der Waals surface area contributed by atoms with Gasteiger partial charge in [0.25, 0.3) is 5.91 Å². The highest BCUT2D eigenvalue weighted by molar-refractivity contribution is 5.92. The fourth-order valence-electron chi connectivity index (χ4n) is 2.45. The zero-order chi connectivity index (χ0) is 17.5. The van der Waals surface area contributed by atoms with E-state index in [0.29, 0.717) is 18.1 Å². The molecular weight excluding hydrogens is 300 g/mol. The van der Waals surface area contributed by atoms with Crippen LogP contribution in [0, 0.1) is 13.8 Å². The summed E-state index contributed by atoms with van der Waals surface area (Å²) in [4.78, 5) is 23.2. The van der Waals surface area contributed by atoms with Crippen molar-refractivity contribution in [3.8, 4) is 0 Å². The normalized spacial score (nSPS) is 10.5. The topological polar surface area (TPSA) is 58.1 Å². The molecule has 2 aromatic rings. The minimum Gasteiger partial charge on any atom is -0.360 e. The van der Waals surface area contributed by atoms with Crippen LogP contribution < -0.4 is 10.2 Å². The second-order valence-corrected chi connectivity index (χ2v) is 6.04. The molecule has 2 rings (SSSR count). The van der Waals surface area contributed by atoms with Crippen LogP contribution in [-0.4, -0.2) is 29.5 Å². The Balaban J connectivity index is 2.08. The number of anilines is 1. The molecule has 1 aromatic heterocycles. The molecule has 0 saturated carbocycles. The number of hydrogen-bond acceptors (Lipinski definition) is 4. The molecule has 128 valence electrons. The Labute approximate surface area is 144 Å². The number of nitrogens with zero attached hydrogens (tertiary/aromatic N) is 3. The monoisotopic (exact) mass is 326 g/mol. The molecular formula is C19H26N4O. The lowest BCUT2D eigenvalue weighted by molar-refractivity contribution is 0.0945. The molecule has 0 spiro atoms. The Morgan fingerprint density at radius 1 is 1.21 bits per heavy atom. The SMILES string of the molecule is CCCCN(C)c1cc(C(=O)NCc2ccccc2C)nc(C)n1. The molecule has 0 atom stereocenters. The number of carbonyl (C=O) groups excluding carboxylic acids is 1. The maximum atomic E-state index is 12.5. The van der Waals surface area contributed by atoms with E-state index in [-0.39, 0.29) is 5.91 Å². The van der Waals surface area contributed by atoms with Gasteiger partial charge in [0.1, 0.15) is 17.3 Å². The zero-order valence-corrected chi connectivity index (χ0v) is 15.0. The third-order valence-corrected chi connectivity index (χ3v) is 4.00. The van der Waals surface area contributed by atoms with Crippen LogP contribution in [0.4, 0.5) is 5.82 Å². The number of amides is 1. The molecule has 0 bridgehead atoms. The Morgan fingerprint density at radius 3 is 2.67 bits per heavy atom. The van der Waals surface area contributed by atoms with E-state index in [1.807, 2.05) is 45.2 Å².